The number of anilines is 1. The second-order valence-corrected chi connectivity index (χ2v) is 7.54. The van der Waals surface area contributed by atoms with Crippen LogP contribution >= 0.6 is 15.9 Å². The molecule has 4 rings (SSSR count). The van der Waals surface area contributed by atoms with Gasteiger partial charge in [0, 0.05) is 40.7 Å². The van der Waals surface area contributed by atoms with Crippen LogP contribution in [0, 0.1) is 0 Å². The highest BCUT2D eigenvalue weighted by Crippen LogP contribution is 2.43. The van der Waals surface area contributed by atoms with E-state index in [0.717, 1.165) is 10.2 Å². The molecule has 136 valence electrons. The van der Waals surface area contributed by atoms with Gasteiger partial charge in [0.05, 0.1) is 12.1 Å². The first-order valence-corrected chi connectivity index (χ1v) is 9.26. The number of carbonyl (C=O) groups is 2. The first-order valence-electron chi connectivity index (χ1n) is 8.47. The van der Waals surface area contributed by atoms with Crippen molar-refractivity contribution in [3.8, 4) is 5.69 Å². The molecule has 1 aliphatic rings. The summed E-state index contributed by atoms with van der Waals surface area (Å²) in [5.41, 5.74) is 0.590. The Bertz CT molecular complexity index is 1030. The quantitative estimate of drug-likeness (QED) is 0.649. The van der Waals surface area contributed by atoms with Crippen molar-refractivity contribution >= 4 is 33.3 Å². The maximum absolute atomic E-state index is 12.8. The molecular weight excluding hydrogens is 408 g/mol. The van der Waals surface area contributed by atoms with Gasteiger partial charge in [0.15, 0.2) is 11.4 Å². The van der Waals surface area contributed by atoms with E-state index in [0.29, 0.717) is 16.8 Å². The van der Waals surface area contributed by atoms with Crippen molar-refractivity contribution in [1.82, 2.24) is 4.57 Å². The number of amides is 1. The summed E-state index contributed by atoms with van der Waals surface area (Å²) in [7, 11) is 1.60. The van der Waals surface area contributed by atoms with E-state index in [4.69, 9.17) is 0 Å². The molecule has 5 nitrogen and oxygen atoms in total. The number of likely N-dealkylation sites (N-methyl/N-ethyl adjacent to an activating group) is 1. The van der Waals surface area contributed by atoms with E-state index in [1.807, 2.05) is 41.2 Å². The van der Waals surface area contributed by atoms with Crippen LogP contribution in [0.4, 0.5) is 5.69 Å². The van der Waals surface area contributed by atoms with Crippen LogP contribution in [-0.2, 0) is 10.4 Å². The molecule has 27 heavy (non-hydrogen) atoms. The summed E-state index contributed by atoms with van der Waals surface area (Å²) in [5, 5.41) is 11.1. The number of fused-ring (bicyclic) bond motifs is 1. The van der Waals surface area contributed by atoms with Gasteiger partial charge in [-0.3, -0.25) is 9.59 Å². The molecule has 0 fully saturated rings. The lowest BCUT2D eigenvalue weighted by molar-refractivity contribution is -0.135. The SMILES string of the molecule is CN1C(=O)[C@](O)(CC(=O)c2ccc(-n3cccc3)cc2)c2cc(Br)ccc21. The Morgan fingerprint density at radius 1 is 1.11 bits per heavy atom. The van der Waals surface area contributed by atoms with E-state index >= 15 is 0 Å². The van der Waals surface area contributed by atoms with Gasteiger partial charge in [-0.25, -0.2) is 0 Å². The summed E-state index contributed by atoms with van der Waals surface area (Å²) in [6.45, 7) is 0. The number of aromatic nitrogens is 1. The van der Waals surface area contributed by atoms with Gasteiger partial charge in [0.2, 0.25) is 0 Å². The molecule has 2 aromatic carbocycles. The Morgan fingerprint density at radius 2 is 1.78 bits per heavy atom. The number of hydrogen-bond donors (Lipinski definition) is 1. The van der Waals surface area contributed by atoms with Gasteiger partial charge in [-0.15, -0.1) is 0 Å². The number of rotatable bonds is 4. The number of nitrogens with zero attached hydrogens (tertiary/aromatic N) is 2. The van der Waals surface area contributed by atoms with Gasteiger partial charge >= 0.3 is 0 Å². The second kappa shape index (κ2) is 6.48. The first-order chi connectivity index (χ1) is 12.9. The van der Waals surface area contributed by atoms with E-state index < -0.39 is 11.5 Å². The van der Waals surface area contributed by atoms with E-state index in [-0.39, 0.29) is 12.2 Å². The van der Waals surface area contributed by atoms with E-state index in [2.05, 4.69) is 15.9 Å². The number of hydrogen-bond acceptors (Lipinski definition) is 3. The van der Waals surface area contributed by atoms with Crippen molar-refractivity contribution in [3.63, 3.8) is 0 Å². The highest BCUT2D eigenvalue weighted by molar-refractivity contribution is 9.10. The zero-order valence-electron chi connectivity index (χ0n) is 14.6. The molecule has 0 aliphatic carbocycles. The molecule has 3 aromatic rings. The summed E-state index contributed by atoms with van der Waals surface area (Å²) in [6.07, 6.45) is 3.53. The zero-order valence-corrected chi connectivity index (χ0v) is 16.2. The molecule has 0 bridgehead atoms. The fourth-order valence-electron chi connectivity index (χ4n) is 3.47. The number of benzene rings is 2. The van der Waals surface area contributed by atoms with Gasteiger partial charge in [0.25, 0.3) is 5.91 Å². The smallest absolute Gasteiger partial charge is 0.263 e. The number of halogens is 1. The number of carbonyl (C=O) groups excluding carboxylic acids is 2. The number of aliphatic hydroxyl groups is 1. The summed E-state index contributed by atoms with van der Waals surface area (Å²) in [6, 6.07) is 16.2. The average molecular weight is 425 g/mol. The zero-order chi connectivity index (χ0) is 19.2. The third-order valence-corrected chi connectivity index (χ3v) is 5.43. The fraction of sp³-hybridized carbons (Fsp3) is 0.143. The van der Waals surface area contributed by atoms with Crippen LogP contribution in [-0.4, -0.2) is 28.4 Å². The molecular formula is C21H17BrN2O3. The lowest BCUT2D eigenvalue weighted by Crippen LogP contribution is -2.40. The minimum Gasteiger partial charge on any atom is -0.375 e. The van der Waals surface area contributed by atoms with E-state index in [1.165, 1.54) is 4.90 Å². The fourth-order valence-corrected chi connectivity index (χ4v) is 3.83. The van der Waals surface area contributed by atoms with Gasteiger partial charge < -0.3 is 14.6 Å². The van der Waals surface area contributed by atoms with Crippen molar-refractivity contribution < 1.29 is 14.7 Å². The molecule has 6 heteroatoms. The average Bonchev–Trinajstić information content (AvgIpc) is 3.26. The Hall–Kier alpha value is -2.70. The van der Waals surface area contributed by atoms with E-state index in [1.54, 1.807) is 37.4 Å². The predicted octanol–water partition coefficient (Wildman–Crippen LogP) is 3.68. The van der Waals surface area contributed by atoms with Gasteiger partial charge in [-0.05, 0) is 54.6 Å². The highest BCUT2D eigenvalue weighted by Gasteiger charge is 2.49. The van der Waals surface area contributed by atoms with Crippen LogP contribution in [0.15, 0.2) is 71.5 Å². The lowest BCUT2D eigenvalue weighted by atomic mass is 9.88. The Balaban J connectivity index is 1.63. The maximum atomic E-state index is 12.8. The molecule has 0 unspecified atom stereocenters. The van der Waals surface area contributed by atoms with Crippen LogP contribution in [0.2, 0.25) is 0 Å². The van der Waals surface area contributed by atoms with Crippen molar-refractivity contribution in [2.24, 2.45) is 0 Å². The molecule has 1 aromatic heterocycles. The minimum absolute atomic E-state index is 0.286. The van der Waals surface area contributed by atoms with Gasteiger partial charge in [-0.1, -0.05) is 15.9 Å². The largest absolute Gasteiger partial charge is 0.375 e. The number of Topliss-reactive ketones (excluding diaryl/α,β-unsaturated/α-hetero) is 1. The topological polar surface area (TPSA) is 62.5 Å². The highest BCUT2D eigenvalue weighted by atomic mass is 79.9. The van der Waals surface area contributed by atoms with Crippen molar-refractivity contribution in [1.29, 1.82) is 0 Å². The van der Waals surface area contributed by atoms with Gasteiger partial charge in [-0.2, -0.15) is 0 Å². The maximum Gasteiger partial charge on any atom is 0.263 e. The molecule has 0 radical (unpaired) electrons. The summed E-state index contributed by atoms with van der Waals surface area (Å²) >= 11 is 3.37. The second-order valence-electron chi connectivity index (χ2n) is 6.62. The standard InChI is InChI=1S/C21H17BrN2O3/c1-23-18-9-6-15(22)12-17(18)21(27,20(23)26)13-19(25)14-4-7-16(8-5-14)24-10-2-3-11-24/h2-12,27H,13H2,1H3/t21-/m0/s1. The molecule has 2 heterocycles. The summed E-state index contributed by atoms with van der Waals surface area (Å²) < 4.78 is 2.68. The predicted molar refractivity (Wildman–Crippen MR) is 106 cm³/mol. The Labute approximate surface area is 165 Å². The summed E-state index contributed by atoms with van der Waals surface area (Å²) in [5.74, 6) is -0.779. The molecule has 1 atom stereocenters. The first kappa shape index (κ1) is 17.7. The third-order valence-electron chi connectivity index (χ3n) is 4.93. The van der Waals surface area contributed by atoms with Crippen LogP contribution in [0.5, 0.6) is 0 Å². The van der Waals surface area contributed by atoms with Gasteiger partial charge in [0.1, 0.15) is 0 Å². The van der Waals surface area contributed by atoms with Crippen molar-refractivity contribution in [2.45, 2.75) is 12.0 Å². The van der Waals surface area contributed by atoms with Crippen LogP contribution < -0.4 is 4.90 Å². The van der Waals surface area contributed by atoms with E-state index in [9.17, 15) is 14.7 Å². The molecule has 0 saturated heterocycles. The molecule has 0 saturated carbocycles. The Morgan fingerprint density at radius 3 is 2.44 bits per heavy atom. The minimum atomic E-state index is -1.86. The third kappa shape index (κ3) is 2.91. The molecule has 0 spiro atoms. The van der Waals surface area contributed by atoms with Crippen LogP contribution in [0.25, 0.3) is 5.69 Å². The van der Waals surface area contributed by atoms with Crippen molar-refractivity contribution in [3.05, 3.63) is 82.6 Å². The monoisotopic (exact) mass is 424 g/mol. The van der Waals surface area contributed by atoms with Crippen molar-refractivity contribution in [2.75, 3.05) is 11.9 Å². The summed E-state index contributed by atoms with van der Waals surface area (Å²) in [4.78, 5) is 26.9. The lowest BCUT2D eigenvalue weighted by Gasteiger charge is -2.21. The molecule has 1 aliphatic heterocycles. The molecule has 1 amide bonds. The number of ketones is 1. The van der Waals surface area contributed by atoms with Crippen LogP contribution in [0.3, 0.4) is 0 Å². The normalized spacial score (nSPS) is 18.6. The molecule has 1 N–H and O–H groups in total. The van der Waals surface area contributed by atoms with Crippen LogP contribution in [0.1, 0.15) is 22.3 Å². The Kier molecular flexibility index (Phi) is 4.25.